The highest BCUT2D eigenvalue weighted by Gasteiger charge is 2.15. The molecule has 1 nitrogen and oxygen atoms in total. The van der Waals surface area contributed by atoms with E-state index in [-0.39, 0.29) is 0 Å². The second-order valence-corrected chi connectivity index (χ2v) is 9.26. The predicted molar refractivity (Wildman–Crippen MR) is 133 cm³/mol. The highest BCUT2D eigenvalue weighted by atomic mass is 35.5. The molecule has 0 aromatic heterocycles. The Hall–Kier alpha value is -1.45. The fourth-order valence-electron chi connectivity index (χ4n) is 3.66. The van der Waals surface area contributed by atoms with E-state index < -0.39 is 0 Å². The van der Waals surface area contributed by atoms with Crippen LogP contribution in [0.5, 0.6) is 0 Å². The lowest BCUT2D eigenvalue weighted by atomic mass is 9.88. The molecule has 3 rings (SSSR count). The van der Waals surface area contributed by atoms with Crippen molar-refractivity contribution >= 4 is 35.0 Å². The molecule has 0 saturated carbocycles. The first kappa shape index (κ1) is 23.2. The average molecular weight is 458 g/mol. The predicted octanol–water partition coefficient (Wildman–Crippen LogP) is 8.15. The van der Waals surface area contributed by atoms with E-state index in [0.29, 0.717) is 10.9 Å². The highest BCUT2D eigenvalue weighted by Crippen LogP contribution is 2.32. The number of benzene rings is 3. The van der Waals surface area contributed by atoms with Crippen molar-refractivity contribution in [1.82, 2.24) is 4.90 Å². The number of hydrogen-bond donors (Lipinski definition) is 0. The van der Waals surface area contributed by atoms with Crippen LogP contribution in [0.2, 0.25) is 10.0 Å². The fourth-order valence-corrected chi connectivity index (χ4v) is 5.12. The van der Waals surface area contributed by atoms with Crippen LogP contribution in [0.25, 0.3) is 0 Å². The van der Waals surface area contributed by atoms with Crippen LogP contribution in [-0.4, -0.2) is 24.5 Å². The van der Waals surface area contributed by atoms with Gasteiger partial charge in [-0.05, 0) is 67.0 Å². The Morgan fingerprint density at radius 3 is 2.13 bits per heavy atom. The summed E-state index contributed by atoms with van der Waals surface area (Å²) >= 11 is 14.1. The van der Waals surface area contributed by atoms with Gasteiger partial charge in [0.2, 0.25) is 0 Å². The molecule has 0 aliphatic carbocycles. The Labute approximate surface area is 195 Å². The first-order valence-corrected chi connectivity index (χ1v) is 12.3. The van der Waals surface area contributed by atoms with E-state index in [9.17, 15) is 0 Å². The summed E-state index contributed by atoms with van der Waals surface area (Å²) in [6.07, 6.45) is 1.12. The van der Waals surface area contributed by atoms with E-state index in [1.807, 2.05) is 18.2 Å². The zero-order valence-electron chi connectivity index (χ0n) is 17.7. The summed E-state index contributed by atoms with van der Waals surface area (Å²) in [4.78, 5) is 3.75. The van der Waals surface area contributed by atoms with Gasteiger partial charge in [-0.15, -0.1) is 11.8 Å². The van der Waals surface area contributed by atoms with Crippen molar-refractivity contribution < 1.29 is 0 Å². The third-order valence-electron chi connectivity index (χ3n) is 5.52. The number of thioether (sulfide) groups is 1. The summed E-state index contributed by atoms with van der Waals surface area (Å²) < 4.78 is 0. The monoisotopic (exact) mass is 457 g/mol. The van der Waals surface area contributed by atoms with Crippen LogP contribution in [0.1, 0.15) is 42.9 Å². The van der Waals surface area contributed by atoms with Crippen molar-refractivity contribution in [3.8, 4) is 0 Å². The van der Waals surface area contributed by atoms with Gasteiger partial charge in [-0.3, -0.25) is 0 Å². The molecule has 0 aliphatic heterocycles. The summed E-state index contributed by atoms with van der Waals surface area (Å²) in [6, 6.07) is 25.6. The molecule has 158 valence electrons. The van der Waals surface area contributed by atoms with E-state index in [1.165, 1.54) is 16.0 Å². The van der Waals surface area contributed by atoms with E-state index in [2.05, 4.69) is 73.3 Å². The van der Waals surface area contributed by atoms with Gasteiger partial charge >= 0.3 is 0 Å². The minimum absolute atomic E-state index is 0.413. The molecule has 0 N–H and O–H groups in total. The molecule has 0 radical (unpaired) electrons. The van der Waals surface area contributed by atoms with E-state index in [0.717, 1.165) is 42.4 Å². The standard InChI is InChI=1S/C26H29Cl2NS/c1-3-29(4-2)17-16-25(20-8-6-5-7-9-20)21-11-14-24(15-12-21)30-19-22-10-13-23(27)18-26(22)28/h5-15,18,25H,3-4,16-17,19H2,1-2H3. The van der Waals surface area contributed by atoms with Crippen LogP contribution >= 0.6 is 35.0 Å². The molecule has 1 unspecified atom stereocenters. The van der Waals surface area contributed by atoms with Gasteiger partial charge in [0, 0.05) is 26.6 Å². The lowest BCUT2D eigenvalue weighted by Crippen LogP contribution is -2.25. The number of rotatable bonds is 10. The second kappa shape index (κ2) is 11.8. The highest BCUT2D eigenvalue weighted by molar-refractivity contribution is 7.98. The van der Waals surface area contributed by atoms with Crippen molar-refractivity contribution in [1.29, 1.82) is 0 Å². The van der Waals surface area contributed by atoms with Crippen molar-refractivity contribution in [3.05, 3.63) is 99.5 Å². The summed E-state index contributed by atoms with van der Waals surface area (Å²) in [5.74, 6) is 1.25. The molecule has 4 heteroatoms. The van der Waals surface area contributed by atoms with Gasteiger partial charge in [-0.2, -0.15) is 0 Å². The maximum absolute atomic E-state index is 6.31. The van der Waals surface area contributed by atoms with Crippen molar-refractivity contribution in [3.63, 3.8) is 0 Å². The van der Waals surface area contributed by atoms with Gasteiger partial charge in [-0.1, -0.05) is 85.6 Å². The molecule has 3 aromatic rings. The zero-order chi connectivity index (χ0) is 21.3. The van der Waals surface area contributed by atoms with Crippen LogP contribution in [0, 0.1) is 0 Å². The molecule has 0 aliphatic rings. The number of hydrogen-bond acceptors (Lipinski definition) is 2. The minimum Gasteiger partial charge on any atom is -0.304 e. The topological polar surface area (TPSA) is 3.24 Å². The summed E-state index contributed by atoms with van der Waals surface area (Å²) in [5, 5.41) is 1.40. The Morgan fingerprint density at radius 2 is 1.50 bits per heavy atom. The van der Waals surface area contributed by atoms with Gasteiger partial charge < -0.3 is 4.90 Å². The number of halogens is 2. The first-order chi connectivity index (χ1) is 14.6. The molecule has 3 aromatic carbocycles. The smallest absolute Gasteiger partial charge is 0.0461 e. The Balaban J connectivity index is 1.71. The summed E-state index contributed by atoms with van der Waals surface area (Å²) in [7, 11) is 0. The molecule has 0 fully saturated rings. The van der Waals surface area contributed by atoms with Gasteiger partial charge in [0.05, 0.1) is 0 Å². The zero-order valence-corrected chi connectivity index (χ0v) is 20.0. The van der Waals surface area contributed by atoms with Crippen LogP contribution in [-0.2, 0) is 5.75 Å². The lowest BCUT2D eigenvalue weighted by molar-refractivity contribution is 0.294. The average Bonchev–Trinajstić information content (AvgIpc) is 2.77. The molecular weight excluding hydrogens is 429 g/mol. The minimum atomic E-state index is 0.413. The quantitative estimate of drug-likeness (QED) is 0.282. The normalized spacial score (nSPS) is 12.3. The maximum atomic E-state index is 6.31. The Bertz CT molecular complexity index is 908. The van der Waals surface area contributed by atoms with Crippen molar-refractivity contribution in [2.75, 3.05) is 19.6 Å². The maximum Gasteiger partial charge on any atom is 0.0461 e. The molecule has 1 atom stereocenters. The van der Waals surface area contributed by atoms with E-state index in [4.69, 9.17) is 23.2 Å². The van der Waals surface area contributed by atoms with E-state index >= 15 is 0 Å². The molecule has 0 spiro atoms. The number of nitrogens with zero attached hydrogens (tertiary/aromatic N) is 1. The lowest BCUT2D eigenvalue weighted by Gasteiger charge is -2.23. The van der Waals surface area contributed by atoms with Crippen molar-refractivity contribution in [2.45, 2.75) is 36.8 Å². The SMILES string of the molecule is CCN(CC)CCC(c1ccccc1)c1ccc(SCc2ccc(Cl)cc2Cl)cc1. The molecule has 30 heavy (non-hydrogen) atoms. The summed E-state index contributed by atoms with van der Waals surface area (Å²) in [6.45, 7) is 7.78. The molecule has 0 heterocycles. The largest absolute Gasteiger partial charge is 0.304 e. The van der Waals surface area contributed by atoms with Gasteiger partial charge in [0.1, 0.15) is 0 Å². The second-order valence-electron chi connectivity index (χ2n) is 7.37. The molecule has 0 amide bonds. The Morgan fingerprint density at radius 1 is 0.833 bits per heavy atom. The fraction of sp³-hybridized carbons (Fsp3) is 0.308. The Kier molecular flexibility index (Phi) is 9.14. The van der Waals surface area contributed by atoms with Crippen LogP contribution in [0.4, 0.5) is 0 Å². The van der Waals surface area contributed by atoms with E-state index in [1.54, 1.807) is 11.8 Å². The van der Waals surface area contributed by atoms with Gasteiger partial charge in [0.15, 0.2) is 0 Å². The third kappa shape index (κ3) is 6.52. The first-order valence-electron chi connectivity index (χ1n) is 10.5. The summed E-state index contributed by atoms with van der Waals surface area (Å²) in [5.41, 5.74) is 3.87. The van der Waals surface area contributed by atoms with Crippen molar-refractivity contribution in [2.24, 2.45) is 0 Å². The van der Waals surface area contributed by atoms with Gasteiger partial charge in [0.25, 0.3) is 0 Å². The van der Waals surface area contributed by atoms with Crippen LogP contribution < -0.4 is 0 Å². The van der Waals surface area contributed by atoms with Gasteiger partial charge in [-0.25, -0.2) is 0 Å². The molecule has 0 bridgehead atoms. The third-order valence-corrected chi connectivity index (χ3v) is 7.17. The molecular formula is C26H29Cl2NS. The molecule has 0 saturated heterocycles. The van der Waals surface area contributed by atoms with Crippen LogP contribution in [0.3, 0.4) is 0 Å². The van der Waals surface area contributed by atoms with Crippen LogP contribution in [0.15, 0.2) is 77.7 Å².